The number of aryl methyl sites for hydroxylation is 1. The van der Waals surface area contributed by atoms with Gasteiger partial charge in [-0.25, -0.2) is 8.42 Å². The lowest BCUT2D eigenvalue weighted by atomic mass is 10.0. The highest BCUT2D eigenvalue weighted by atomic mass is 35.5. The van der Waals surface area contributed by atoms with E-state index in [1.807, 2.05) is 0 Å². The molecule has 0 aromatic heterocycles. The van der Waals surface area contributed by atoms with Gasteiger partial charge in [-0.3, -0.25) is 9.59 Å². The van der Waals surface area contributed by atoms with Crippen LogP contribution in [0.15, 0.2) is 47.4 Å². The molecule has 2 N–H and O–H groups in total. The molecule has 2 aromatic rings. The van der Waals surface area contributed by atoms with Crippen LogP contribution in [-0.4, -0.2) is 26.5 Å². The van der Waals surface area contributed by atoms with Gasteiger partial charge in [-0.1, -0.05) is 29.8 Å². The minimum atomic E-state index is -3.38. The molecule has 0 fully saturated rings. The minimum absolute atomic E-state index is 0.0102. The average Bonchev–Trinajstić information content (AvgIpc) is 2.55. The van der Waals surface area contributed by atoms with Crippen LogP contribution >= 0.6 is 11.6 Å². The highest BCUT2D eigenvalue weighted by molar-refractivity contribution is 7.90. The summed E-state index contributed by atoms with van der Waals surface area (Å²) in [6, 6.07) is 10.9. The van der Waals surface area contributed by atoms with Gasteiger partial charge in [-0.05, 0) is 42.3 Å². The Labute approximate surface area is 163 Å². The van der Waals surface area contributed by atoms with E-state index in [4.69, 9.17) is 11.6 Å². The Hall–Kier alpha value is -2.38. The van der Waals surface area contributed by atoms with Crippen LogP contribution in [-0.2, 0) is 19.4 Å². The van der Waals surface area contributed by atoms with Crippen molar-refractivity contribution in [3.63, 3.8) is 0 Å². The van der Waals surface area contributed by atoms with Gasteiger partial charge in [0.1, 0.15) is 0 Å². The predicted molar refractivity (Wildman–Crippen MR) is 106 cm³/mol. The molecule has 2 amide bonds. The number of hydrogen-bond acceptors (Lipinski definition) is 4. The lowest BCUT2D eigenvalue weighted by Crippen LogP contribution is -2.29. The molecule has 0 unspecified atom stereocenters. The van der Waals surface area contributed by atoms with Crippen LogP contribution in [0.5, 0.6) is 0 Å². The van der Waals surface area contributed by atoms with E-state index in [0.717, 1.165) is 17.4 Å². The molecule has 0 bridgehead atoms. The average molecular weight is 409 g/mol. The second-order valence-electron chi connectivity index (χ2n) is 6.31. The van der Waals surface area contributed by atoms with E-state index in [2.05, 4.69) is 10.6 Å². The molecule has 8 heteroatoms. The first kappa shape index (κ1) is 20.9. The SMILES string of the molecule is CC(=O)N[C@@H](CC(=O)Nc1cc(S(C)(=O)=O)ccc1C)c1ccc(Cl)cc1. The fraction of sp³-hybridized carbons (Fsp3) is 0.263. The molecule has 144 valence electrons. The summed E-state index contributed by atoms with van der Waals surface area (Å²) in [7, 11) is -3.38. The fourth-order valence-electron chi connectivity index (χ4n) is 2.55. The summed E-state index contributed by atoms with van der Waals surface area (Å²) < 4.78 is 23.4. The fourth-order valence-corrected chi connectivity index (χ4v) is 3.32. The normalized spacial score (nSPS) is 12.3. The molecule has 6 nitrogen and oxygen atoms in total. The van der Waals surface area contributed by atoms with Gasteiger partial charge in [-0.2, -0.15) is 0 Å². The van der Waals surface area contributed by atoms with Gasteiger partial charge in [0.25, 0.3) is 0 Å². The highest BCUT2D eigenvalue weighted by Gasteiger charge is 2.18. The number of rotatable bonds is 6. The Kier molecular flexibility index (Phi) is 6.62. The zero-order valence-corrected chi connectivity index (χ0v) is 16.8. The standard InChI is InChI=1S/C19H21ClN2O4S/c1-12-4-9-16(27(3,25)26)10-17(12)22-19(24)11-18(21-13(2)23)14-5-7-15(20)8-6-14/h4-10,18H,11H2,1-3H3,(H,21,23)(H,22,24)/t18-/m0/s1. The van der Waals surface area contributed by atoms with Crippen LogP contribution < -0.4 is 10.6 Å². The van der Waals surface area contributed by atoms with Crippen molar-refractivity contribution in [3.8, 4) is 0 Å². The van der Waals surface area contributed by atoms with Gasteiger partial charge in [-0.15, -0.1) is 0 Å². The van der Waals surface area contributed by atoms with Gasteiger partial charge < -0.3 is 10.6 Å². The van der Waals surface area contributed by atoms with Crippen molar-refractivity contribution >= 4 is 38.9 Å². The maximum Gasteiger partial charge on any atom is 0.226 e. The number of nitrogens with one attached hydrogen (secondary N) is 2. The summed E-state index contributed by atoms with van der Waals surface area (Å²) in [6.07, 6.45) is 1.10. The first-order valence-electron chi connectivity index (χ1n) is 8.19. The third kappa shape index (κ3) is 6.08. The number of carbonyl (C=O) groups excluding carboxylic acids is 2. The molecule has 2 aromatic carbocycles. The Bertz CT molecular complexity index is 956. The van der Waals surface area contributed by atoms with E-state index in [0.29, 0.717) is 10.7 Å². The number of hydrogen-bond donors (Lipinski definition) is 2. The summed E-state index contributed by atoms with van der Waals surface area (Å²) >= 11 is 5.89. The molecule has 2 rings (SSSR count). The quantitative estimate of drug-likeness (QED) is 0.767. The smallest absolute Gasteiger partial charge is 0.226 e. The molecule has 0 saturated carbocycles. The summed E-state index contributed by atoms with van der Waals surface area (Å²) in [5.74, 6) is -0.615. The topological polar surface area (TPSA) is 92.3 Å². The van der Waals surface area contributed by atoms with Gasteiger partial charge >= 0.3 is 0 Å². The molecule has 0 aliphatic rings. The van der Waals surface area contributed by atoms with E-state index >= 15 is 0 Å². The van der Waals surface area contributed by atoms with E-state index in [1.54, 1.807) is 37.3 Å². The van der Waals surface area contributed by atoms with Crippen molar-refractivity contribution in [2.75, 3.05) is 11.6 Å². The molecule has 1 atom stereocenters. The summed E-state index contributed by atoms with van der Waals surface area (Å²) in [5, 5.41) is 6.02. The summed E-state index contributed by atoms with van der Waals surface area (Å²) in [5.41, 5.74) is 1.89. The first-order valence-corrected chi connectivity index (χ1v) is 10.5. The number of anilines is 1. The minimum Gasteiger partial charge on any atom is -0.349 e. The van der Waals surface area contributed by atoms with E-state index in [9.17, 15) is 18.0 Å². The van der Waals surface area contributed by atoms with Crippen molar-refractivity contribution in [1.82, 2.24) is 5.32 Å². The maximum atomic E-state index is 12.5. The Morgan fingerprint density at radius 1 is 1.11 bits per heavy atom. The molecule has 0 aliphatic carbocycles. The Balaban J connectivity index is 2.21. The zero-order chi connectivity index (χ0) is 20.2. The largest absolute Gasteiger partial charge is 0.349 e. The van der Waals surface area contributed by atoms with Gasteiger partial charge in [0, 0.05) is 23.9 Å². The van der Waals surface area contributed by atoms with E-state index in [-0.39, 0.29) is 23.1 Å². The number of carbonyl (C=O) groups is 2. The van der Waals surface area contributed by atoms with Crippen LogP contribution in [0.2, 0.25) is 5.02 Å². The molecule has 0 radical (unpaired) electrons. The van der Waals surface area contributed by atoms with Crippen LogP contribution in [0.3, 0.4) is 0 Å². The highest BCUT2D eigenvalue weighted by Crippen LogP contribution is 2.23. The third-order valence-electron chi connectivity index (χ3n) is 3.95. The van der Waals surface area contributed by atoms with Crippen LogP contribution in [0.1, 0.15) is 30.5 Å². The van der Waals surface area contributed by atoms with Crippen molar-refractivity contribution in [1.29, 1.82) is 0 Å². The number of benzene rings is 2. The number of halogens is 1. The molecule has 0 heterocycles. The van der Waals surface area contributed by atoms with Crippen molar-refractivity contribution in [2.24, 2.45) is 0 Å². The second-order valence-corrected chi connectivity index (χ2v) is 8.76. The zero-order valence-electron chi connectivity index (χ0n) is 15.2. The van der Waals surface area contributed by atoms with Crippen molar-refractivity contribution in [2.45, 2.75) is 31.2 Å². The Morgan fingerprint density at radius 3 is 2.30 bits per heavy atom. The molecule has 0 aliphatic heterocycles. The lowest BCUT2D eigenvalue weighted by Gasteiger charge is -2.19. The van der Waals surface area contributed by atoms with Crippen LogP contribution in [0.4, 0.5) is 5.69 Å². The molecule has 0 spiro atoms. The molecule has 27 heavy (non-hydrogen) atoms. The number of amides is 2. The van der Waals surface area contributed by atoms with Crippen LogP contribution in [0.25, 0.3) is 0 Å². The molecular weight excluding hydrogens is 388 g/mol. The lowest BCUT2D eigenvalue weighted by molar-refractivity contribution is -0.120. The van der Waals surface area contributed by atoms with Gasteiger partial charge in [0.15, 0.2) is 9.84 Å². The van der Waals surface area contributed by atoms with E-state index in [1.165, 1.54) is 19.1 Å². The van der Waals surface area contributed by atoms with Crippen molar-refractivity contribution in [3.05, 3.63) is 58.6 Å². The van der Waals surface area contributed by atoms with E-state index < -0.39 is 15.9 Å². The molecular formula is C19H21ClN2O4S. The molecule has 0 saturated heterocycles. The third-order valence-corrected chi connectivity index (χ3v) is 5.31. The summed E-state index contributed by atoms with van der Waals surface area (Å²) in [6.45, 7) is 3.15. The first-order chi connectivity index (χ1) is 12.6. The number of sulfone groups is 1. The summed E-state index contributed by atoms with van der Waals surface area (Å²) in [4.78, 5) is 24.2. The maximum absolute atomic E-state index is 12.5. The predicted octanol–water partition coefficient (Wildman–Crippen LogP) is 3.26. The van der Waals surface area contributed by atoms with Crippen LogP contribution in [0, 0.1) is 6.92 Å². The second kappa shape index (κ2) is 8.54. The van der Waals surface area contributed by atoms with Gasteiger partial charge in [0.2, 0.25) is 11.8 Å². The van der Waals surface area contributed by atoms with Gasteiger partial charge in [0.05, 0.1) is 17.4 Å². The Morgan fingerprint density at radius 2 is 1.74 bits per heavy atom. The van der Waals surface area contributed by atoms with Crippen molar-refractivity contribution < 1.29 is 18.0 Å². The monoisotopic (exact) mass is 408 g/mol.